The Hall–Kier alpha value is -2.78. The Morgan fingerprint density at radius 3 is 1.12 bits per heavy atom. The molecule has 2 aliphatic rings. The Labute approximate surface area is 241 Å². The van der Waals surface area contributed by atoms with Crippen LogP contribution in [0, 0.1) is 21.7 Å². The van der Waals surface area contributed by atoms with Gasteiger partial charge in [0, 0.05) is 34.5 Å². The van der Waals surface area contributed by atoms with Gasteiger partial charge in [-0.2, -0.15) is 0 Å². The van der Waals surface area contributed by atoms with Crippen molar-refractivity contribution in [1.29, 1.82) is 0 Å². The van der Waals surface area contributed by atoms with Gasteiger partial charge in [0.05, 0.1) is 11.4 Å². The van der Waals surface area contributed by atoms with Crippen molar-refractivity contribution in [3.63, 3.8) is 0 Å². The van der Waals surface area contributed by atoms with E-state index in [4.69, 9.17) is 20.0 Å². The fraction of sp³-hybridized carbons (Fsp3) is 0.800. The molecule has 10 nitrogen and oxygen atoms in total. The summed E-state index contributed by atoms with van der Waals surface area (Å²) >= 11 is 0. The van der Waals surface area contributed by atoms with Crippen molar-refractivity contribution in [1.82, 2.24) is 21.7 Å². The van der Waals surface area contributed by atoms with Crippen LogP contribution < -0.4 is 21.7 Å². The average Bonchev–Trinajstić information content (AvgIpc) is 3.32. The normalized spacial score (nSPS) is 23.6. The molecular weight excluding hydrogens is 504 g/mol. The molecule has 4 N–H and O–H groups in total. The molecule has 10 heteroatoms. The smallest absolute Gasteiger partial charge is 0.238 e. The lowest BCUT2D eigenvalue weighted by atomic mass is 9.82. The maximum Gasteiger partial charge on any atom is 0.238 e. The first kappa shape index (κ1) is 33.4. The van der Waals surface area contributed by atoms with Crippen LogP contribution in [0.3, 0.4) is 0 Å². The molecule has 0 aliphatic carbocycles. The third kappa shape index (κ3) is 7.91. The van der Waals surface area contributed by atoms with Crippen LogP contribution in [0.25, 0.3) is 0 Å². The highest BCUT2D eigenvalue weighted by atomic mass is 16.2. The van der Waals surface area contributed by atoms with Gasteiger partial charge in [-0.15, -0.1) is 0 Å². The van der Waals surface area contributed by atoms with E-state index in [1.807, 2.05) is 13.8 Å². The summed E-state index contributed by atoms with van der Waals surface area (Å²) in [6.45, 7) is 29.1. The fourth-order valence-corrected chi connectivity index (χ4v) is 3.98. The summed E-state index contributed by atoms with van der Waals surface area (Å²) in [5.41, 5.74) is 11.2. The van der Waals surface area contributed by atoms with Gasteiger partial charge in [-0.05, 0) is 26.7 Å². The van der Waals surface area contributed by atoms with E-state index >= 15 is 0 Å². The molecule has 0 bridgehead atoms. The highest BCUT2D eigenvalue weighted by molar-refractivity contribution is 6.44. The van der Waals surface area contributed by atoms with Gasteiger partial charge in [0.15, 0.2) is 23.0 Å². The van der Waals surface area contributed by atoms with E-state index in [0.717, 1.165) is 11.4 Å². The SMILES string of the molecule is CC(C)(C)C1=NC(C)(C(C)(C)C)N=C1NNC(=O)CCCCC(=O)NNC1=NC(C)(C(C)(C)C)N=C1C(C)(C)C. The van der Waals surface area contributed by atoms with Crippen LogP contribution in [-0.4, -0.2) is 46.2 Å². The standard InChI is InChI=1S/C30H54N8O2/c1-25(2,3)21-23(33-29(13,31-21)27(7,8)9)37-35-19(39)17-15-16-18-20(40)36-38-24-22(26(4,5)6)32-30(14,34-24)28(10,11)12/h15-18H2,1-14H3,(H,33,37)(H,34,38)(H,35,39)(H,36,40). The van der Waals surface area contributed by atoms with Crippen molar-refractivity contribution in [2.45, 2.75) is 134 Å². The Morgan fingerprint density at radius 2 is 0.875 bits per heavy atom. The molecule has 0 spiro atoms. The van der Waals surface area contributed by atoms with Crippen LogP contribution >= 0.6 is 0 Å². The molecule has 2 unspecified atom stereocenters. The second-order valence-electron chi connectivity index (χ2n) is 15.4. The summed E-state index contributed by atoms with van der Waals surface area (Å²) in [4.78, 5) is 44.6. The van der Waals surface area contributed by atoms with Crippen LogP contribution in [0.4, 0.5) is 0 Å². The first-order valence-corrected chi connectivity index (χ1v) is 14.4. The molecule has 0 saturated heterocycles. The van der Waals surface area contributed by atoms with Gasteiger partial charge in [-0.1, -0.05) is 83.1 Å². The third-order valence-corrected chi connectivity index (χ3v) is 7.73. The van der Waals surface area contributed by atoms with Crippen LogP contribution in [0.1, 0.15) is 123 Å². The van der Waals surface area contributed by atoms with E-state index in [-0.39, 0.29) is 46.3 Å². The van der Waals surface area contributed by atoms with Crippen molar-refractivity contribution in [3.8, 4) is 0 Å². The molecule has 2 heterocycles. The lowest BCUT2D eigenvalue weighted by Gasteiger charge is -2.33. The Morgan fingerprint density at radius 1 is 0.575 bits per heavy atom. The number of amidine groups is 2. The minimum Gasteiger partial charge on any atom is -0.281 e. The van der Waals surface area contributed by atoms with Gasteiger partial charge < -0.3 is 0 Å². The topological polar surface area (TPSA) is 132 Å². The number of nitrogens with one attached hydrogen (secondary N) is 4. The predicted molar refractivity (Wildman–Crippen MR) is 165 cm³/mol. The van der Waals surface area contributed by atoms with Gasteiger partial charge in [0.25, 0.3) is 0 Å². The van der Waals surface area contributed by atoms with E-state index in [1.165, 1.54) is 0 Å². The largest absolute Gasteiger partial charge is 0.281 e. The van der Waals surface area contributed by atoms with Crippen molar-refractivity contribution in [2.24, 2.45) is 41.6 Å². The molecule has 2 atom stereocenters. The second kappa shape index (κ2) is 11.2. The first-order valence-electron chi connectivity index (χ1n) is 14.4. The van der Waals surface area contributed by atoms with E-state index < -0.39 is 11.3 Å². The van der Waals surface area contributed by atoms with Gasteiger partial charge in [0.2, 0.25) is 11.8 Å². The molecule has 0 fully saturated rings. The van der Waals surface area contributed by atoms with Gasteiger partial charge in [0.1, 0.15) is 0 Å². The van der Waals surface area contributed by atoms with Crippen molar-refractivity contribution < 1.29 is 9.59 Å². The Kier molecular flexibility index (Phi) is 9.39. The Balaban J connectivity index is 1.84. The molecule has 2 rings (SSSR count). The number of hydrogen-bond acceptors (Lipinski definition) is 8. The fourth-order valence-electron chi connectivity index (χ4n) is 3.98. The zero-order chi connectivity index (χ0) is 30.9. The van der Waals surface area contributed by atoms with E-state index in [2.05, 4.69) is 105 Å². The molecule has 0 aromatic carbocycles. The Bertz CT molecular complexity index is 1020. The summed E-state index contributed by atoms with van der Waals surface area (Å²) < 4.78 is 0. The number of nitrogens with zero attached hydrogens (tertiary/aromatic N) is 4. The summed E-state index contributed by atoms with van der Waals surface area (Å²) in [6, 6.07) is 0. The summed E-state index contributed by atoms with van der Waals surface area (Å²) in [7, 11) is 0. The maximum atomic E-state index is 12.5. The number of unbranched alkanes of at least 4 members (excludes halogenated alkanes) is 1. The zero-order valence-corrected chi connectivity index (χ0v) is 27.4. The zero-order valence-electron chi connectivity index (χ0n) is 27.4. The molecule has 0 aromatic heterocycles. The minimum atomic E-state index is -0.612. The van der Waals surface area contributed by atoms with Crippen molar-refractivity contribution in [3.05, 3.63) is 0 Å². The van der Waals surface area contributed by atoms with E-state index in [1.54, 1.807) is 0 Å². The minimum absolute atomic E-state index is 0.160. The van der Waals surface area contributed by atoms with Gasteiger partial charge >= 0.3 is 0 Å². The summed E-state index contributed by atoms with van der Waals surface area (Å²) in [6.07, 6.45) is 1.73. The molecule has 0 aromatic rings. The molecule has 226 valence electrons. The number of carbonyl (C=O) groups is 2. The molecule has 0 radical (unpaired) electrons. The lowest BCUT2D eigenvalue weighted by Crippen LogP contribution is -2.47. The number of rotatable bonds is 5. The summed E-state index contributed by atoms with van der Waals surface area (Å²) in [5.74, 6) is 0.872. The number of aliphatic imine (C=N–C) groups is 4. The quantitative estimate of drug-likeness (QED) is 0.276. The number of hydrazine groups is 2. The molecule has 2 amide bonds. The van der Waals surface area contributed by atoms with Crippen LogP contribution in [0.2, 0.25) is 0 Å². The predicted octanol–water partition coefficient (Wildman–Crippen LogP) is 5.11. The highest BCUT2D eigenvalue weighted by Crippen LogP contribution is 2.41. The highest BCUT2D eigenvalue weighted by Gasteiger charge is 2.45. The van der Waals surface area contributed by atoms with E-state index in [9.17, 15) is 9.59 Å². The van der Waals surface area contributed by atoms with Gasteiger partial charge in [-0.3, -0.25) is 41.3 Å². The van der Waals surface area contributed by atoms with E-state index in [0.29, 0.717) is 24.5 Å². The van der Waals surface area contributed by atoms with Crippen molar-refractivity contribution in [2.75, 3.05) is 0 Å². The van der Waals surface area contributed by atoms with Crippen molar-refractivity contribution >= 4 is 34.9 Å². The molecule has 40 heavy (non-hydrogen) atoms. The number of carbonyl (C=O) groups excluding carboxylic acids is 2. The maximum absolute atomic E-state index is 12.5. The first-order chi connectivity index (χ1) is 17.9. The van der Waals surface area contributed by atoms with Crippen LogP contribution in [-0.2, 0) is 9.59 Å². The monoisotopic (exact) mass is 558 g/mol. The van der Waals surface area contributed by atoms with Gasteiger partial charge in [-0.25, -0.2) is 9.98 Å². The molecule has 2 aliphatic heterocycles. The second-order valence-corrected chi connectivity index (χ2v) is 15.4. The van der Waals surface area contributed by atoms with Crippen LogP contribution in [0.5, 0.6) is 0 Å². The third-order valence-electron chi connectivity index (χ3n) is 7.73. The molecule has 0 saturated carbocycles. The van der Waals surface area contributed by atoms with Crippen LogP contribution in [0.15, 0.2) is 20.0 Å². The molecular formula is C30H54N8O2. The average molecular weight is 559 g/mol. The number of amides is 2. The summed E-state index contributed by atoms with van der Waals surface area (Å²) in [5, 5.41) is 0. The lowest BCUT2D eigenvalue weighted by molar-refractivity contribution is -0.123. The number of hydrogen-bond donors (Lipinski definition) is 4.